The number of ether oxygens (including phenoxy) is 1. The van der Waals surface area contributed by atoms with Crippen LogP contribution in [-0.4, -0.2) is 18.4 Å². The van der Waals surface area contributed by atoms with Crippen molar-refractivity contribution in [3.63, 3.8) is 0 Å². The first-order valence-corrected chi connectivity index (χ1v) is 9.52. The molecule has 148 valence electrons. The largest absolute Gasteiger partial charge is 0.492 e. The Labute approximate surface area is 170 Å². The van der Waals surface area contributed by atoms with E-state index >= 15 is 0 Å². The van der Waals surface area contributed by atoms with Crippen LogP contribution in [0.25, 0.3) is 0 Å². The van der Waals surface area contributed by atoms with E-state index in [0.29, 0.717) is 40.8 Å². The Kier molecular flexibility index (Phi) is 6.63. The summed E-state index contributed by atoms with van der Waals surface area (Å²) in [4.78, 5) is 25.1. The van der Waals surface area contributed by atoms with Crippen molar-refractivity contribution in [2.75, 3.05) is 17.2 Å². The highest BCUT2D eigenvalue weighted by molar-refractivity contribution is 6.07. The van der Waals surface area contributed by atoms with E-state index in [1.807, 2.05) is 24.3 Å². The minimum Gasteiger partial charge on any atom is -0.492 e. The number of anilines is 2. The average Bonchev–Trinajstić information content (AvgIpc) is 2.73. The van der Waals surface area contributed by atoms with E-state index in [9.17, 15) is 9.59 Å². The van der Waals surface area contributed by atoms with Crippen LogP contribution in [-0.2, 0) is 0 Å². The second-order valence-corrected chi connectivity index (χ2v) is 7.06. The Morgan fingerprint density at radius 3 is 2.10 bits per heavy atom. The lowest BCUT2D eigenvalue weighted by molar-refractivity contribution is 0.101. The zero-order chi connectivity index (χ0) is 20.6. The summed E-state index contributed by atoms with van der Waals surface area (Å²) in [6, 6.07) is 23.2. The lowest BCUT2D eigenvalue weighted by Gasteiger charge is -2.13. The maximum atomic E-state index is 12.8. The van der Waals surface area contributed by atoms with Gasteiger partial charge in [-0.3, -0.25) is 9.59 Å². The molecule has 0 aliphatic carbocycles. The van der Waals surface area contributed by atoms with Gasteiger partial charge in [-0.1, -0.05) is 50.2 Å². The molecule has 2 amide bonds. The molecule has 0 saturated heterocycles. The van der Waals surface area contributed by atoms with Gasteiger partial charge in [-0.15, -0.1) is 0 Å². The zero-order valence-electron chi connectivity index (χ0n) is 16.5. The van der Waals surface area contributed by atoms with Crippen LogP contribution in [0.15, 0.2) is 78.9 Å². The number of amides is 2. The molecule has 0 spiro atoms. The van der Waals surface area contributed by atoms with Gasteiger partial charge in [0, 0.05) is 16.9 Å². The van der Waals surface area contributed by atoms with Gasteiger partial charge in [-0.25, -0.2) is 0 Å². The number of carbonyl (C=O) groups is 2. The summed E-state index contributed by atoms with van der Waals surface area (Å²) >= 11 is 0. The summed E-state index contributed by atoms with van der Waals surface area (Å²) in [7, 11) is 0. The van der Waals surface area contributed by atoms with E-state index in [1.165, 1.54) is 0 Å². The number of benzene rings is 3. The Morgan fingerprint density at radius 1 is 0.793 bits per heavy atom. The molecule has 0 heterocycles. The maximum Gasteiger partial charge on any atom is 0.259 e. The van der Waals surface area contributed by atoms with Crippen molar-refractivity contribution in [3.05, 3.63) is 90.0 Å². The van der Waals surface area contributed by atoms with Gasteiger partial charge in [0.1, 0.15) is 5.75 Å². The minimum absolute atomic E-state index is 0.207. The van der Waals surface area contributed by atoms with Gasteiger partial charge in [-0.05, 0) is 48.4 Å². The number of para-hydroxylation sites is 1. The first-order valence-electron chi connectivity index (χ1n) is 9.52. The van der Waals surface area contributed by atoms with E-state index in [0.717, 1.165) is 0 Å². The standard InChI is InChI=1S/C24H24N2O3/c1-17(2)16-29-22-14-7-6-13-21(22)24(28)26-20-12-8-11-19(15-20)25-23(27)18-9-4-3-5-10-18/h3-15,17H,16H2,1-2H3,(H,25,27)(H,26,28). The molecule has 3 rings (SSSR count). The predicted molar refractivity (Wildman–Crippen MR) is 116 cm³/mol. The number of rotatable bonds is 7. The number of carbonyl (C=O) groups excluding carboxylic acids is 2. The van der Waals surface area contributed by atoms with Crippen LogP contribution in [0.1, 0.15) is 34.6 Å². The van der Waals surface area contributed by atoms with Gasteiger partial charge >= 0.3 is 0 Å². The third-order valence-corrected chi connectivity index (χ3v) is 4.12. The van der Waals surface area contributed by atoms with Crippen molar-refractivity contribution in [2.24, 2.45) is 5.92 Å². The third kappa shape index (κ3) is 5.69. The smallest absolute Gasteiger partial charge is 0.259 e. The minimum atomic E-state index is -0.268. The molecule has 0 aromatic heterocycles. The molecule has 0 aliphatic rings. The lowest BCUT2D eigenvalue weighted by atomic mass is 10.1. The number of hydrogen-bond acceptors (Lipinski definition) is 3. The van der Waals surface area contributed by atoms with Crippen molar-refractivity contribution in [1.29, 1.82) is 0 Å². The molecule has 5 heteroatoms. The molecule has 0 bridgehead atoms. The molecule has 0 unspecified atom stereocenters. The van der Waals surface area contributed by atoms with Crippen LogP contribution in [0.4, 0.5) is 11.4 Å². The van der Waals surface area contributed by atoms with Crippen molar-refractivity contribution in [1.82, 2.24) is 0 Å². The first kappa shape index (κ1) is 20.1. The zero-order valence-corrected chi connectivity index (χ0v) is 16.5. The fourth-order valence-corrected chi connectivity index (χ4v) is 2.70. The van der Waals surface area contributed by atoms with Crippen LogP contribution in [0.2, 0.25) is 0 Å². The van der Waals surface area contributed by atoms with E-state index in [2.05, 4.69) is 24.5 Å². The monoisotopic (exact) mass is 388 g/mol. The summed E-state index contributed by atoms with van der Waals surface area (Å²) in [6.45, 7) is 4.64. The molecule has 0 radical (unpaired) electrons. The van der Waals surface area contributed by atoms with Gasteiger partial charge in [0.25, 0.3) is 11.8 Å². The van der Waals surface area contributed by atoms with Crippen molar-refractivity contribution < 1.29 is 14.3 Å². The van der Waals surface area contributed by atoms with Crippen LogP contribution in [0, 0.1) is 5.92 Å². The molecule has 3 aromatic rings. The Hall–Kier alpha value is -3.60. The fourth-order valence-electron chi connectivity index (χ4n) is 2.70. The summed E-state index contributed by atoms with van der Waals surface area (Å²) in [5.41, 5.74) is 2.21. The van der Waals surface area contributed by atoms with Gasteiger partial charge < -0.3 is 15.4 Å². The molecule has 0 atom stereocenters. The second-order valence-electron chi connectivity index (χ2n) is 7.06. The molecule has 5 nitrogen and oxygen atoms in total. The van der Waals surface area contributed by atoms with Crippen LogP contribution < -0.4 is 15.4 Å². The average molecular weight is 388 g/mol. The van der Waals surface area contributed by atoms with E-state index in [4.69, 9.17) is 4.74 Å². The first-order chi connectivity index (χ1) is 14.0. The summed E-state index contributed by atoms with van der Waals surface area (Å²) < 4.78 is 5.76. The van der Waals surface area contributed by atoms with Crippen molar-refractivity contribution in [2.45, 2.75) is 13.8 Å². The van der Waals surface area contributed by atoms with Crippen molar-refractivity contribution >= 4 is 23.2 Å². The Morgan fingerprint density at radius 2 is 1.41 bits per heavy atom. The molecule has 0 aliphatic heterocycles. The Balaban J connectivity index is 1.70. The maximum absolute atomic E-state index is 12.8. The lowest BCUT2D eigenvalue weighted by Crippen LogP contribution is -2.15. The molecule has 0 fully saturated rings. The molecular weight excluding hydrogens is 364 g/mol. The summed E-state index contributed by atoms with van der Waals surface area (Å²) in [5, 5.41) is 5.71. The normalized spacial score (nSPS) is 10.4. The van der Waals surface area contributed by atoms with Crippen LogP contribution in [0.3, 0.4) is 0 Å². The number of nitrogens with one attached hydrogen (secondary N) is 2. The van der Waals surface area contributed by atoms with Gasteiger partial charge in [-0.2, -0.15) is 0 Å². The molecular formula is C24H24N2O3. The van der Waals surface area contributed by atoms with E-state index < -0.39 is 0 Å². The fraction of sp³-hybridized carbons (Fsp3) is 0.167. The highest BCUT2D eigenvalue weighted by atomic mass is 16.5. The molecule has 3 aromatic carbocycles. The van der Waals surface area contributed by atoms with E-state index in [1.54, 1.807) is 54.6 Å². The highest BCUT2D eigenvalue weighted by Gasteiger charge is 2.13. The summed E-state index contributed by atoms with van der Waals surface area (Å²) in [5.74, 6) is 0.431. The highest BCUT2D eigenvalue weighted by Crippen LogP contribution is 2.22. The predicted octanol–water partition coefficient (Wildman–Crippen LogP) is 5.23. The number of hydrogen-bond donors (Lipinski definition) is 2. The van der Waals surface area contributed by atoms with Gasteiger partial charge in [0.2, 0.25) is 0 Å². The molecule has 2 N–H and O–H groups in total. The SMILES string of the molecule is CC(C)COc1ccccc1C(=O)Nc1cccc(NC(=O)c2ccccc2)c1. The van der Waals surface area contributed by atoms with Gasteiger partial charge in [0.15, 0.2) is 0 Å². The van der Waals surface area contributed by atoms with Gasteiger partial charge in [0.05, 0.1) is 12.2 Å². The van der Waals surface area contributed by atoms with Crippen LogP contribution >= 0.6 is 0 Å². The third-order valence-electron chi connectivity index (χ3n) is 4.12. The Bertz CT molecular complexity index is 984. The molecule has 29 heavy (non-hydrogen) atoms. The quantitative estimate of drug-likeness (QED) is 0.583. The van der Waals surface area contributed by atoms with Crippen molar-refractivity contribution in [3.8, 4) is 5.75 Å². The molecule has 0 saturated carbocycles. The summed E-state index contributed by atoms with van der Waals surface area (Å²) in [6.07, 6.45) is 0. The van der Waals surface area contributed by atoms with E-state index in [-0.39, 0.29) is 11.8 Å². The topological polar surface area (TPSA) is 67.4 Å². The second kappa shape index (κ2) is 9.55. The van der Waals surface area contributed by atoms with Crippen LogP contribution in [0.5, 0.6) is 5.75 Å².